The molecule has 0 rings (SSSR count). The summed E-state index contributed by atoms with van der Waals surface area (Å²) in [4.78, 5) is 72.5. The largest absolute Gasteiger partial charge is 0.472 e. The molecule has 0 aliphatic carbocycles. The number of hydrogen-bond acceptors (Lipinski definition) is 15. The third kappa shape index (κ3) is 57.9. The molecule has 0 fully saturated rings. The highest BCUT2D eigenvalue weighted by atomic mass is 31.2. The second-order valence-corrected chi connectivity index (χ2v) is 28.8. The van der Waals surface area contributed by atoms with Gasteiger partial charge in [0.25, 0.3) is 0 Å². The van der Waals surface area contributed by atoms with Gasteiger partial charge in [0.1, 0.15) is 19.3 Å². The summed E-state index contributed by atoms with van der Waals surface area (Å²) in [5, 5.41) is 10.6. The van der Waals surface area contributed by atoms with Crippen molar-refractivity contribution in [3.8, 4) is 0 Å². The van der Waals surface area contributed by atoms with Crippen LogP contribution in [-0.4, -0.2) is 96.7 Å². The number of unbranched alkanes of at least 4 members (excludes halogenated alkanes) is 28. The first-order valence-electron chi connectivity index (χ1n) is 35.9. The molecule has 0 saturated heterocycles. The van der Waals surface area contributed by atoms with Crippen molar-refractivity contribution in [2.24, 2.45) is 23.7 Å². The van der Waals surface area contributed by atoms with Gasteiger partial charge in [-0.2, -0.15) is 0 Å². The molecule has 6 unspecified atom stereocenters. The molecule has 0 aliphatic heterocycles. The molecule has 88 heavy (non-hydrogen) atoms. The number of ether oxygens (including phenoxy) is 4. The molecule has 0 aromatic rings. The van der Waals surface area contributed by atoms with E-state index in [4.69, 9.17) is 37.0 Å². The Balaban J connectivity index is 5.28. The topological polar surface area (TPSA) is 237 Å². The van der Waals surface area contributed by atoms with Crippen LogP contribution in [0.1, 0.15) is 338 Å². The quantitative estimate of drug-likeness (QED) is 0.0222. The lowest BCUT2D eigenvalue weighted by atomic mass is 9.99. The van der Waals surface area contributed by atoms with Crippen molar-refractivity contribution in [2.45, 2.75) is 356 Å². The van der Waals surface area contributed by atoms with Crippen molar-refractivity contribution < 1.29 is 80.2 Å². The molecule has 0 radical (unpaired) electrons. The van der Waals surface area contributed by atoms with E-state index in [-0.39, 0.29) is 25.7 Å². The molecule has 0 aromatic carbocycles. The van der Waals surface area contributed by atoms with Gasteiger partial charge in [0, 0.05) is 25.7 Å². The summed E-state index contributed by atoms with van der Waals surface area (Å²) in [6.07, 6.45) is 40.1. The number of hydrogen-bond donors (Lipinski definition) is 3. The highest BCUT2D eigenvalue weighted by molar-refractivity contribution is 7.47. The van der Waals surface area contributed by atoms with E-state index in [1.165, 1.54) is 135 Å². The molecule has 0 aliphatic rings. The molecule has 0 heterocycles. The van der Waals surface area contributed by atoms with Gasteiger partial charge in [0.2, 0.25) is 0 Å². The fourth-order valence-electron chi connectivity index (χ4n) is 10.2. The number of carbonyl (C=O) groups excluding carboxylic acids is 4. The zero-order valence-electron chi connectivity index (χ0n) is 57.3. The molecule has 17 nitrogen and oxygen atoms in total. The van der Waals surface area contributed by atoms with Gasteiger partial charge in [-0.25, -0.2) is 9.13 Å². The minimum atomic E-state index is -4.95. The van der Waals surface area contributed by atoms with Gasteiger partial charge in [-0.1, -0.05) is 287 Å². The Morgan fingerprint density at radius 3 is 0.750 bits per heavy atom. The van der Waals surface area contributed by atoms with E-state index in [1.807, 2.05) is 0 Å². The van der Waals surface area contributed by atoms with Gasteiger partial charge < -0.3 is 33.8 Å². The Bertz CT molecular complexity index is 1760. The first-order valence-corrected chi connectivity index (χ1v) is 38.8. The van der Waals surface area contributed by atoms with Crippen LogP contribution in [0, 0.1) is 23.7 Å². The minimum absolute atomic E-state index is 0.103. The van der Waals surface area contributed by atoms with Gasteiger partial charge in [-0.3, -0.25) is 37.3 Å². The number of carbonyl (C=O) groups is 4. The Labute approximate surface area is 537 Å². The molecule has 0 spiro atoms. The van der Waals surface area contributed by atoms with E-state index in [0.29, 0.717) is 25.7 Å². The van der Waals surface area contributed by atoms with Gasteiger partial charge in [-0.15, -0.1) is 0 Å². The molecule has 0 amide bonds. The standard InChI is InChI=1S/C69H134O17P2/c1-9-59(5)45-37-29-21-15-13-14-16-24-33-41-49-66(71)79-55-64(85-68(73)51-43-35-25-19-17-22-30-38-46-60(6)10-2)57-83-87(75,76)81-53-63(70)54-82-88(77,78)84-58-65(56-80-67(72)50-42-34-28-27-32-40-48-62(8)12-4)86-69(74)52-44-36-26-20-18-23-31-39-47-61(7)11-3/h59-65,70H,9-58H2,1-8H3,(H,75,76)(H,77,78)/t59?,60?,61?,62?,63-,64-,65-/m1/s1. The molecular weight excluding hydrogens is 1160 g/mol. The van der Waals surface area contributed by atoms with Crippen LogP contribution >= 0.6 is 15.6 Å². The number of phosphoric ester groups is 2. The molecule has 3 N–H and O–H groups in total. The lowest BCUT2D eigenvalue weighted by Crippen LogP contribution is -2.30. The average Bonchev–Trinajstić information content (AvgIpc) is 3.61. The van der Waals surface area contributed by atoms with Crippen molar-refractivity contribution >= 4 is 39.5 Å². The Morgan fingerprint density at radius 1 is 0.307 bits per heavy atom. The van der Waals surface area contributed by atoms with Crippen LogP contribution in [0.5, 0.6) is 0 Å². The lowest BCUT2D eigenvalue weighted by molar-refractivity contribution is -0.161. The minimum Gasteiger partial charge on any atom is -0.462 e. The fraction of sp³-hybridized carbons (Fsp3) is 0.942. The Kier molecular flexibility index (Phi) is 57.6. The zero-order chi connectivity index (χ0) is 65.4. The van der Waals surface area contributed by atoms with Gasteiger partial charge in [-0.05, 0) is 49.4 Å². The number of aliphatic hydroxyl groups excluding tert-OH is 1. The fourth-order valence-corrected chi connectivity index (χ4v) is 11.8. The summed E-state index contributed by atoms with van der Waals surface area (Å²) in [5.74, 6) is 0.946. The van der Waals surface area contributed by atoms with E-state index in [0.717, 1.165) is 120 Å². The summed E-state index contributed by atoms with van der Waals surface area (Å²) in [5.41, 5.74) is 0. The molecule has 0 aromatic heterocycles. The van der Waals surface area contributed by atoms with Crippen molar-refractivity contribution in [3.05, 3.63) is 0 Å². The molecule has 0 saturated carbocycles. The van der Waals surface area contributed by atoms with Crippen molar-refractivity contribution in [1.82, 2.24) is 0 Å². The maximum absolute atomic E-state index is 13.0. The summed E-state index contributed by atoms with van der Waals surface area (Å²) in [6, 6.07) is 0. The highest BCUT2D eigenvalue weighted by Crippen LogP contribution is 2.45. The van der Waals surface area contributed by atoms with Gasteiger partial charge in [0.15, 0.2) is 12.2 Å². The maximum Gasteiger partial charge on any atom is 0.472 e. The molecule has 19 heteroatoms. The van der Waals surface area contributed by atoms with E-state index >= 15 is 0 Å². The third-order valence-corrected chi connectivity index (χ3v) is 19.2. The van der Waals surface area contributed by atoms with E-state index < -0.39 is 97.5 Å². The van der Waals surface area contributed by atoms with E-state index in [1.54, 1.807) is 0 Å². The van der Waals surface area contributed by atoms with Crippen LogP contribution in [0.15, 0.2) is 0 Å². The number of esters is 4. The normalized spacial score (nSPS) is 15.5. The van der Waals surface area contributed by atoms with Crippen LogP contribution in [0.25, 0.3) is 0 Å². The zero-order valence-corrected chi connectivity index (χ0v) is 59.1. The molecule has 522 valence electrons. The summed E-state index contributed by atoms with van der Waals surface area (Å²) < 4.78 is 68.2. The Morgan fingerprint density at radius 2 is 0.511 bits per heavy atom. The Hall–Kier alpha value is -1.94. The number of rotatable bonds is 66. The van der Waals surface area contributed by atoms with Crippen LogP contribution in [0.4, 0.5) is 0 Å². The maximum atomic E-state index is 13.0. The lowest BCUT2D eigenvalue weighted by Gasteiger charge is -2.21. The van der Waals surface area contributed by atoms with Crippen LogP contribution in [0.2, 0.25) is 0 Å². The highest BCUT2D eigenvalue weighted by Gasteiger charge is 2.30. The first kappa shape index (κ1) is 86.1. The number of phosphoric acid groups is 2. The SMILES string of the molecule is CCC(C)CCCCCCCCCCCCC(=O)OC[C@H](COP(=O)(O)OC[C@@H](O)COP(=O)(O)OC[C@@H](COC(=O)CCCCCCCCC(C)CC)OC(=O)CCCCCCCCCCC(C)CC)OC(=O)CCCCCCCCCCC(C)CC. The summed E-state index contributed by atoms with van der Waals surface area (Å²) in [6.45, 7) is 14.1. The molecule has 9 atom stereocenters. The van der Waals surface area contributed by atoms with Crippen molar-refractivity contribution in [2.75, 3.05) is 39.6 Å². The second kappa shape index (κ2) is 58.8. The van der Waals surface area contributed by atoms with Crippen LogP contribution in [-0.2, 0) is 65.4 Å². The van der Waals surface area contributed by atoms with Crippen molar-refractivity contribution in [3.63, 3.8) is 0 Å². The third-order valence-electron chi connectivity index (χ3n) is 17.3. The predicted molar refractivity (Wildman–Crippen MR) is 354 cm³/mol. The van der Waals surface area contributed by atoms with Gasteiger partial charge in [0.05, 0.1) is 26.4 Å². The second-order valence-electron chi connectivity index (χ2n) is 25.9. The molecular formula is C69H134O17P2. The van der Waals surface area contributed by atoms with Crippen LogP contribution < -0.4 is 0 Å². The smallest absolute Gasteiger partial charge is 0.462 e. The summed E-state index contributed by atoms with van der Waals surface area (Å²) in [7, 11) is -9.90. The van der Waals surface area contributed by atoms with E-state index in [2.05, 4.69) is 55.4 Å². The monoisotopic (exact) mass is 1300 g/mol. The van der Waals surface area contributed by atoms with Gasteiger partial charge >= 0.3 is 39.5 Å². The van der Waals surface area contributed by atoms with Crippen molar-refractivity contribution in [1.29, 1.82) is 0 Å². The number of aliphatic hydroxyl groups is 1. The average molecular weight is 1300 g/mol. The van der Waals surface area contributed by atoms with E-state index in [9.17, 15) is 43.2 Å². The predicted octanol–water partition coefficient (Wildman–Crippen LogP) is 19.3. The van der Waals surface area contributed by atoms with Crippen LogP contribution in [0.3, 0.4) is 0 Å². The first-order chi connectivity index (χ1) is 42.2. The summed E-state index contributed by atoms with van der Waals surface area (Å²) >= 11 is 0. The molecule has 0 bridgehead atoms.